The topological polar surface area (TPSA) is 88.1 Å². The molecule has 0 atom stereocenters. The molecular weight excluding hydrogens is 488 g/mol. The van der Waals surface area contributed by atoms with Crippen LogP contribution in [-0.2, 0) is 11.3 Å². The Morgan fingerprint density at radius 3 is 2.65 bits per heavy atom. The first-order chi connectivity index (χ1) is 18.1. The van der Waals surface area contributed by atoms with Crippen LogP contribution in [0.25, 0.3) is 22.3 Å². The maximum Gasteiger partial charge on any atom is 0.256 e. The van der Waals surface area contributed by atoms with Crippen LogP contribution in [0, 0.1) is 0 Å². The van der Waals surface area contributed by atoms with E-state index in [1.807, 2.05) is 73.1 Å². The maximum absolute atomic E-state index is 12.8. The summed E-state index contributed by atoms with van der Waals surface area (Å²) in [5.74, 6) is 0.252. The fourth-order valence-electron chi connectivity index (χ4n) is 4.53. The van der Waals surface area contributed by atoms with Gasteiger partial charge in [-0.3, -0.25) is 9.89 Å². The second kappa shape index (κ2) is 10.1. The number of anilines is 2. The molecule has 1 fully saturated rings. The van der Waals surface area contributed by atoms with Gasteiger partial charge in [0, 0.05) is 41.0 Å². The van der Waals surface area contributed by atoms with Gasteiger partial charge in [0.15, 0.2) is 5.82 Å². The van der Waals surface area contributed by atoms with Gasteiger partial charge in [0.25, 0.3) is 5.91 Å². The van der Waals surface area contributed by atoms with Gasteiger partial charge in [0.1, 0.15) is 0 Å². The number of nitrogens with zero attached hydrogens (tertiary/aromatic N) is 4. The normalized spacial score (nSPS) is 13.7. The number of morpholine rings is 1. The smallest absolute Gasteiger partial charge is 0.256 e. The molecule has 3 aromatic carbocycles. The monoisotopic (exact) mass is 512 g/mol. The molecule has 186 valence electrons. The van der Waals surface area contributed by atoms with E-state index < -0.39 is 0 Å². The van der Waals surface area contributed by atoms with E-state index in [2.05, 4.69) is 36.0 Å². The third kappa shape index (κ3) is 4.94. The van der Waals surface area contributed by atoms with Crippen molar-refractivity contribution in [2.24, 2.45) is 0 Å². The van der Waals surface area contributed by atoms with Crippen molar-refractivity contribution >= 4 is 40.0 Å². The van der Waals surface area contributed by atoms with Gasteiger partial charge >= 0.3 is 0 Å². The van der Waals surface area contributed by atoms with E-state index in [4.69, 9.17) is 16.3 Å². The fourth-order valence-corrected chi connectivity index (χ4v) is 4.72. The standard InChI is InChI=1S/C28H25ClN6O2/c29-23-4-2-1-3-21(23)17-35-18-30-24-10-7-20(15-26(24)35)25-16-27(33-32-25)31-28(36)19-5-8-22(9-6-19)34-11-13-37-14-12-34/h1-10,15-16,18H,11-14,17H2,(H2,31,32,33,36). The molecule has 8 nitrogen and oxygen atoms in total. The van der Waals surface area contributed by atoms with Crippen LogP contribution in [-0.4, -0.2) is 52.0 Å². The molecule has 0 spiro atoms. The summed E-state index contributed by atoms with van der Waals surface area (Å²) in [6.07, 6.45) is 1.82. The zero-order valence-electron chi connectivity index (χ0n) is 20.0. The van der Waals surface area contributed by atoms with Crippen molar-refractivity contribution in [2.75, 3.05) is 36.5 Å². The van der Waals surface area contributed by atoms with Crippen LogP contribution in [0.4, 0.5) is 11.5 Å². The van der Waals surface area contributed by atoms with Crippen LogP contribution in [0.2, 0.25) is 5.02 Å². The quantitative estimate of drug-likeness (QED) is 0.326. The summed E-state index contributed by atoms with van der Waals surface area (Å²) in [6, 6.07) is 23.3. The van der Waals surface area contributed by atoms with E-state index in [1.165, 1.54) is 0 Å². The molecule has 0 unspecified atom stereocenters. The first kappa shape index (κ1) is 23.3. The second-order valence-electron chi connectivity index (χ2n) is 8.93. The molecular formula is C28H25ClN6O2. The minimum Gasteiger partial charge on any atom is -0.378 e. The van der Waals surface area contributed by atoms with Crippen molar-refractivity contribution in [2.45, 2.75) is 6.54 Å². The third-order valence-electron chi connectivity index (χ3n) is 6.56. The predicted molar refractivity (Wildman–Crippen MR) is 145 cm³/mol. The van der Waals surface area contributed by atoms with Gasteiger partial charge in [-0.05, 0) is 48.0 Å². The summed E-state index contributed by atoms with van der Waals surface area (Å²) in [4.78, 5) is 19.6. The van der Waals surface area contributed by atoms with Crippen LogP contribution in [0.1, 0.15) is 15.9 Å². The number of H-pyrrole nitrogens is 1. The Morgan fingerprint density at radius 2 is 1.84 bits per heavy atom. The Morgan fingerprint density at radius 1 is 1.03 bits per heavy atom. The number of aromatic nitrogens is 4. The lowest BCUT2D eigenvalue weighted by Crippen LogP contribution is -2.36. The molecule has 2 aromatic heterocycles. The van der Waals surface area contributed by atoms with E-state index in [0.717, 1.165) is 64.9 Å². The number of imidazole rings is 1. The zero-order valence-corrected chi connectivity index (χ0v) is 20.8. The molecule has 3 heterocycles. The average Bonchev–Trinajstić information content (AvgIpc) is 3.57. The summed E-state index contributed by atoms with van der Waals surface area (Å²) in [6.45, 7) is 3.78. The molecule has 37 heavy (non-hydrogen) atoms. The predicted octanol–water partition coefficient (Wildman–Crippen LogP) is 5.22. The number of fused-ring (bicyclic) bond motifs is 1. The van der Waals surface area contributed by atoms with Crippen molar-refractivity contribution in [1.82, 2.24) is 19.7 Å². The van der Waals surface area contributed by atoms with Crippen LogP contribution in [0.5, 0.6) is 0 Å². The molecule has 5 aromatic rings. The Kier molecular flexibility index (Phi) is 6.34. The Bertz CT molecular complexity index is 1550. The Hall–Kier alpha value is -4.14. The number of nitrogens with one attached hydrogen (secondary N) is 2. The third-order valence-corrected chi connectivity index (χ3v) is 6.92. The lowest BCUT2D eigenvalue weighted by molar-refractivity contribution is 0.102. The van der Waals surface area contributed by atoms with Gasteiger partial charge in [-0.2, -0.15) is 5.10 Å². The van der Waals surface area contributed by atoms with Gasteiger partial charge in [-0.15, -0.1) is 0 Å². The highest BCUT2D eigenvalue weighted by Crippen LogP contribution is 2.26. The van der Waals surface area contributed by atoms with Gasteiger partial charge in [0.2, 0.25) is 0 Å². The van der Waals surface area contributed by atoms with Crippen molar-refractivity contribution in [3.8, 4) is 11.3 Å². The summed E-state index contributed by atoms with van der Waals surface area (Å²) < 4.78 is 7.48. The molecule has 9 heteroatoms. The number of carbonyl (C=O) groups excluding carboxylic acids is 1. The molecule has 1 amide bonds. The van der Waals surface area contributed by atoms with Crippen LogP contribution in [0.3, 0.4) is 0 Å². The van der Waals surface area contributed by atoms with Gasteiger partial charge in [0.05, 0.1) is 42.8 Å². The highest BCUT2D eigenvalue weighted by Gasteiger charge is 2.14. The minimum absolute atomic E-state index is 0.208. The summed E-state index contributed by atoms with van der Waals surface area (Å²) >= 11 is 6.36. The van der Waals surface area contributed by atoms with Crippen molar-refractivity contribution < 1.29 is 9.53 Å². The summed E-state index contributed by atoms with van der Waals surface area (Å²) in [5.41, 5.74) is 6.31. The number of benzene rings is 3. The van der Waals surface area contributed by atoms with E-state index in [0.29, 0.717) is 17.9 Å². The SMILES string of the molecule is O=C(Nc1cc(-c2ccc3ncn(Cc4ccccc4Cl)c3c2)[nH]n1)c1ccc(N2CCOCC2)cc1. The van der Waals surface area contributed by atoms with Gasteiger partial charge < -0.3 is 19.5 Å². The lowest BCUT2D eigenvalue weighted by Gasteiger charge is -2.28. The first-order valence-corrected chi connectivity index (χ1v) is 12.5. The number of ether oxygens (including phenoxy) is 1. The molecule has 6 rings (SSSR count). The lowest BCUT2D eigenvalue weighted by atomic mass is 10.1. The zero-order chi connectivity index (χ0) is 25.2. The number of aromatic amines is 1. The van der Waals surface area contributed by atoms with E-state index in [9.17, 15) is 4.79 Å². The van der Waals surface area contributed by atoms with Crippen molar-refractivity contribution in [1.29, 1.82) is 0 Å². The highest BCUT2D eigenvalue weighted by molar-refractivity contribution is 6.31. The Balaban J connectivity index is 1.17. The van der Waals surface area contributed by atoms with Gasteiger partial charge in [-0.25, -0.2) is 4.98 Å². The molecule has 2 N–H and O–H groups in total. The number of halogens is 1. The largest absolute Gasteiger partial charge is 0.378 e. The number of amides is 1. The van der Waals surface area contributed by atoms with Gasteiger partial charge in [-0.1, -0.05) is 35.9 Å². The average molecular weight is 513 g/mol. The molecule has 0 bridgehead atoms. The van der Waals surface area contributed by atoms with Crippen molar-refractivity contribution in [3.63, 3.8) is 0 Å². The van der Waals surface area contributed by atoms with E-state index in [-0.39, 0.29) is 5.91 Å². The molecule has 0 aliphatic carbocycles. The molecule has 0 radical (unpaired) electrons. The number of rotatable bonds is 6. The summed E-state index contributed by atoms with van der Waals surface area (Å²) in [5, 5.41) is 10.9. The molecule has 1 aliphatic rings. The fraction of sp³-hybridized carbons (Fsp3) is 0.179. The van der Waals surface area contributed by atoms with E-state index >= 15 is 0 Å². The molecule has 1 aliphatic heterocycles. The number of carbonyl (C=O) groups is 1. The Labute approximate surface area is 218 Å². The first-order valence-electron chi connectivity index (χ1n) is 12.1. The molecule has 1 saturated heterocycles. The maximum atomic E-state index is 12.8. The highest BCUT2D eigenvalue weighted by atomic mass is 35.5. The second-order valence-corrected chi connectivity index (χ2v) is 9.34. The minimum atomic E-state index is -0.208. The van der Waals surface area contributed by atoms with Crippen LogP contribution in [0.15, 0.2) is 79.1 Å². The van der Waals surface area contributed by atoms with Crippen LogP contribution < -0.4 is 10.2 Å². The number of hydrogen-bond acceptors (Lipinski definition) is 5. The summed E-state index contributed by atoms with van der Waals surface area (Å²) in [7, 11) is 0. The molecule has 0 saturated carbocycles. The van der Waals surface area contributed by atoms with E-state index in [1.54, 1.807) is 0 Å². The van der Waals surface area contributed by atoms with Crippen molar-refractivity contribution in [3.05, 3.63) is 95.3 Å². The van der Waals surface area contributed by atoms with Crippen LogP contribution >= 0.6 is 11.6 Å². The number of hydrogen-bond donors (Lipinski definition) is 2.